The van der Waals surface area contributed by atoms with Crippen molar-refractivity contribution in [3.05, 3.63) is 90.7 Å². The van der Waals surface area contributed by atoms with Crippen molar-refractivity contribution in [2.45, 2.75) is 25.9 Å². The Labute approximate surface area is 211 Å². The molecule has 4 aromatic rings. The molecular weight excluding hydrogens is 444 g/mol. The molecule has 0 spiro atoms. The lowest BCUT2D eigenvalue weighted by Crippen LogP contribution is -2.48. The summed E-state index contributed by atoms with van der Waals surface area (Å²) < 4.78 is 2.46. The average molecular weight is 475 g/mol. The second kappa shape index (κ2) is 8.71. The summed E-state index contributed by atoms with van der Waals surface area (Å²) in [5, 5.41) is 2.54. The molecular formula is C30H30N6. The van der Waals surface area contributed by atoms with Crippen molar-refractivity contribution in [1.82, 2.24) is 19.4 Å². The summed E-state index contributed by atoms with van der Waals surface area (Å²) in [5.41, 5.74) is 5.02. The predicted octanol–water partition coefficient (Wildman–Crippen LogP) is 5.20. The lowest BCUT2D eigenvalue weighted by Gasteiger charge is -2.41. The summed E-state index contributed by atoms with van der Waals surface area (Å²) in [6, 6.07) is 15.3. The van der Waals surface area contributed by atoms with Crippen LogP contribution in [0.5, 0.6) is 0 Å². The molecule has 1 saturated heterocycles. The summed E-state index contributed by atoms with van der Waals surface area (Å²) >= 11 is 0. The molecule has 0 amide bonds. The Bertz CT molecular complexity index is 1450. The Morgan fingerprint density at radius 2 is 1.83 bits per heavy atom. The fourth-order valence-electron chi connectivity index (χ4n) is 5.93. The second-order valence-electron chi connectivity index (χ2n) is 10.3. The molecule has 2 atom stereocenters. The summed E-state index contributed by atoms with van der Waals surface area (Å²) in [7, 11) is 0. The lowest BCUT2D eigenvalue weighted by atomic mass is 9.90. The number of fused-ring (bicyclic) bond motifs is 4. The number of likely N-dealkylation sites (tertiary alicyclic amines) is 1. The number of hydrogen-bond donors (Lipinski definition) is 0. The van der Waals surface area contributed by atoms with E-state index in [4.69, 9.17) is 4.99 Å². The van der Waals surface area contributed by atoms with Crippen LogP contribution in [0.4, 0.5) is 5.82 Å². The zero-order valence-electron chi connectivity index (χ0n) is 20.5. The molecule has 0 radical (unpaired) electrons. The maximum absolute atomic E-state index is 4.90. The van der Waals surface area contributed by atoms with E-state index in [1.165, 1.54) is 33.1 Å². The molecule has 1 aromatic carbocycles. The maximum Gasteiger partial charge on any atom is 0.133 e. The Hall–Kier alpha value is -3.77. The number of aryl methyl sites for hydroxylation is 2. The van der Waals surface area contributed by atoms with Crippen molar-refractivity contribution < 1.29 is 0 Å². The van der Waals surface area contributed by atoms with Crippen molar-refractivity contribution in [3.63, 3.8) is 0 Å². The third-order valence-electron chi connectivity index (χ3n) is 7.89. The minimum absolute atomic E-state index is 0.238. The van der Waals surface area contributed by atoms with Crippen LogP contribution in [0.15, 0.2) is 90.1 Å². The highest BCUT2D eigenvalue weighted by atomic mass is 15.2. The number of aliphatic imine (C=N–C) groups is 1. The molecule has 1 fully saturated rings. The fourth-order valence-corrected chi connectivity index (χ4v) is 5.93. The first-order valence-corrected chi connectivity index (χ1v) is 12.9. The Balaban J connectivity index is 0.958. The number of hydrogen-bond acceptors (Lipinski definition) is 5. The van der Waals surface area contributed by atoms with Crippen molar-refractivity contribution in [2.24, 2.45) is 16.8 Å². The van der Waals surface area contributed by atoms with Gasteiger partial charge in [-0.25, -0.2) is 4.98 Å². The molecule has 3 aliphatic heterocycles. The van der Waals surface area contributed by atoms with Crippen molar-refractivity contribution in [2.75, 3.05) is 24.5 Å². The van der Waals surface area contributed by atoms with Crippen LogP contribution in [0, 0.1) is 18.8 Å². The van der Waals surface area contributed by atoms with Crippen LogP contribution in [0.2, 0.25) is 0 Å². The first-order valence-electron chi connectivity index (χ1n) is 12.9. The molecule has 3 aromatic heterocycles. The zero-order chi connectivity index (χ0) is 24.1. The number of rotatable bonds is 6. The van der Waals surface area contributed by atoms with Gasteiger partial charge in [-0.2, -0.15) is 0 Å². The standard InChI is InChI=1S/C30H30N6/c1-21-7-8-30(33-16-21)36-14-10-22-15-26(32-18-29(22)36)23-19-34(20-23)12-4-13-35-27-6-3-2-5-24(27)25-17-31-11-9-28(25)35/h2-3,5-11,14-18,22-23,29H,4,12-13,19-20H2,1H3. The van der Waals surface area contributed by atoms with E-state index in [1.807, 2.05) is 18.6 Å². The summed E-state index contributed by atoms with van der Waals surface area (Å²) in [6.07, 6.45) is 15.9. The minimum Gasteiger partial charge on any atom is -0.340 e. The lowest BCUT2D eigenvalue weighted by molar-refractivity contribution is 0.119. The van der Waals surface area contributed by atoms with Gasteiger partial charge in [-0.15, -0.1) is 0 Å². The number of aromatic nitrogens is 3. The fraction of sp³-hybridized carbons (Fsp3) is 0.300. The predicted molar refractivity (Wildman–Crippen MR) is 146 cm³/mol. The summed E-state index contributed by atoms with van der Waals surface area (Å²) in [6.45, 7) is 6.41. The Morgan fingerprint density at radius 1 is 0.944 bits per heavy atom. The molecule has 3 aliphatic rings. The smallest absolute Gasteiger partial charge is 0.133 e. The number of para-hydroxylation sites is 1. The van der Waals surface area contributed by atoms with E-state index in [-0.39, 0.29) is 6.04 Å². The summed E-state index contributed by atoms with van der Waals surface area (Å²) in [4.78, 5) is 18.7. The molecule has 0 N–H and O–H groups in total. The van der Waals surface area contributed by atoms with Crippen LogP contribution in [0.25, 0.3) is 21.8 Å². The van der Waals surface area contributed by atoms with E-state index in [0.29, 0.717) is 11.8 Å². The van der Waals surface area contributed by atoms with E-state index in [0.717, 1.165) is 38.4 Å². The third kappa shape index (κ3) is 3.64. The van der Waals surface area contributed by atoms with Crippen molar-refractivity contribution in [3.8, 4) is 0 Å². The van der Waals surface area contributed by atoms with Gasteiger partial charge in [-0.3, -0.25) is 9.98 Å². The number of anilines is 1. The van der Waals surface area contributed by atoms with E-state index in [2.05, 4.69) is 98.3 Å². The number of pyridine rings is 2. The Morgan fingerprint density at radius 3 is 2.72 bits per heavy atom. The first-order chi connectivity index (χ1) is 17.7. The van der Waals surface area contributed by atoms with Crippen LogP contribution < -0.4 is 4.90 Å². The van der Waals surface area contributed by atoms with Crippen LogP contribution in [-0.2, 0) is 6.54 Å². The quantitative estimate of drug-likeness (QED) is 0.385. The topological polar surface area (TPSA) is 49.5 Å². The molecule has 6 heteroatoms. The van der Waals surface area contributed by atoms with E-state index >= 15 is 0 Å². The minimum atomic E-state index is 0.238. The number of nitrogens with zero attached hydrogens (tertiary/aromatic N) is 6. The van der Waals surface area contributed by atoms with Gasteiger partial charge in [0, 0.05) is 84.5 Å². The molecule has 180 valence electrons. The van der Waals surface area contributed by atoms with Gasteiger partial charge in [0.1, 0.15) is 5.82 Å². The number of benzene rings is 1. The van der Waals surface area contributed by atoms with Gasteiger partial charge in [0.25, 0.3) is 0 Å². The van der Waals surface area contributed by atoms with Crippen LogP contribution >= 0.6 is 0 Å². The first kappa shape index (κ1) is 21.5. The highest BCUT2D eigenvalue weighted by Crippen LogP contribution is 2.34. The molecule has 0 saturated carbocycles. The van der Waals surface area contributed by atoms with Gasteiger partial charge in [0.2, 0.25) is 0 Å². The molecule has 7 rings (SSSR count). The van der Waals surface area contributed by atoms with Gasteiger partial charge in [0.05, 0.1) is 11.6 Å². The monoisotopic (exact) mass is 474 g/mol. The molecule has 0 bridgehead atoms. The van der Waals surface area contributed by atoms with Crippen LogP contribution in [0.1, 0.15) is 12.0 Å². The average Bonchev–Trinajstić information content (AvgIpc) is 3.45. The van der Waals surface area contributed by atoms with Gasteiger partial charge >= 0.3 is 0 Å². The third-order valence-corrected chi connectivity index (χ3v) is 7.89. The normalized spacial score (nSPS) is 21.8. The molecule has 6 nitrogen and oxygen atoms in total. The van der Waals surface area contributed by atoms with Crippen molar-refractivity contribution in [1.29, 1.82) is 0 Å². The van der Waals surface area contributed by atoms with Gasteiger partial charge in [0.15, 0.2) is 0 Å². The molecule has 0 aliphatic carbocycles. The van der Waals surface area contributed by atoms with E-state index < -0.39 is 0 Å². The molecule has 6 heterocycles. The van der Waals surface area contributed by atoms with E-state index in [9.17, 15) is 0 Å². The van der Waals surface area contributed by atoms with Gasteiger partial charge in [-0.05, 0) is 43.7 Å². The van der Waals surface area contributed by atoms with Gasteiger partial charge in [-0.1, -0.05) is 36.4 Å². The van der Waals surface area contributed by atoms with E-state index in [1.54, 1.807) is 0 Å². The molecule has 2 unspecified atom stereocenters. The van der Waals surface area contributed by atoms with Gasteiger partial charge < -0.3 is 14.4 Å². The summed E-state index contributed by atoms with van der Waals surface area (Å²) in [5.74, 6) is 1.91. The second-order valence-corrected chi connectivity index (χ2v) is 10.3. The highest BCUT2D eigenvalue weighted by molar-refractivity contribution is 6.07. The SMILES string of the molecule is Cc1ccc(N2C=CC3C=C(C4CN(CCCn5c6ccccc6c6cnccc65)C4)N=CC32)nc1. The van der Waals surface area contributed by atoms with Crippen LogP contribution in [-0.4, -0.2) is 51.3 Å². The largest absolute Gasteiger partial charge is 0.340 e. The van der Waals surface area contributed by atoms with Crippen molar-refractivity contribution >= 4 is 33.8 Å². The zero-order valence-corrected chi connectivity index (χ0v) is 20.5. The Kier molecular flexibility index (Phi) is 5.21. The molecule has 36 heavy (non-hydrogen) atoms. The highest BCUT2D eigenvalue weighted by Gasteiger charge is 2.35. The maximum atomic E-state index is 4.90. The van der Waals surface area contributed by atoms with Crippen LogP contribution in [0.3, 0.4) is 0 Å².